The molecular weight excluding hydrogens is 280 g/mol. The highest BCUT2D eigenvalue weighted by Crippen LogP contribution is 2.24. The van der Waals surface area contributed by atoms with Crippen LogP contribution in [0.2, 0.25) is 0 Å². The lowest BCUT2D eigenvalue weighted by atomic mass is 9.88. The molecule has 90 valence electrons. The van der Waals surface area contributed by atoms with Crippen molar-refractivity contribution in [3.63, 3.8) is 0 Å². The standard InChI is InChI=1S/C13H15BrN2O/c1-4-13(3,8-15)12(17)16-11-6-9(2)5-10(14)7-11/h5-7H,4H2,1-3H3,(H,16,17). The van der Waals surface area contributed by atoms with Crippen molar-refractivity contribution in [1.82, 2.24) is 0 Å². The average molecular weight is 295 g/mol. The molecule has 1 amide bonds. The number of carbonyl (C=O) groups excluding carboxylic acids is 1. The van der Waals surface area contributed by atoms with Gasteiger partial charge in [-0.15, -0.1) is 0 Å². The second-order valence-electron chi connectivity index (χ2n) is 4.27. The van der Waals surface area contributed by atoms with Crippen molar-refractivity contribution < 1.29 is 4.79 Å². The van der Waals surface area contributed by atoms with Gasteiger partial charge >= 0.3 is 0 Å². The van der Waals surface area contributed by atoms with Crippen molar-refractivity contribution in [1.29, 1.82) is 5.26 Å². The third-order valence-electron chi connectivity index (χ3n) is 2.76. The van der Waals surface area contributed by atoms with Crippen LogP contribution in [0.15, 0.2) is 22.7 Å². The molecule has 0 aliphatic rings. The van der Waals surface area contributed by atoms with Crippen LogP contribution < -0.4 is 5.32 Å². The number of anilines is 1. The van der Waals surface area contributed by atoms with Crippen LogP contribution in [0, 0.1) is 23.7 Å². The van der Waals surface area contributed by atoms with Crippen molar-refractivity contribution in [2.45, 2.75) is 27.2 Å². The number of rotatable bonds is 3. The van der Waals surface area contributed by atoms with Gasteiger partial charge in [-0.05, 0) is 44.0 Å². The molecule has 1 rings (SSSR count). The maximum absolute atomic E-state index is 12.0. The molecule has 3 nitrogen and oxygen atoms in total. The predicted molar refractivity (Wildman–Crippen MR) is 71.5 cm³/mol. The number of benzene rings is 1. The molecule has 0 radical (unpaired) electrons. The van der Waals surface area contributed by atoms with E-state index in [9.17, 15) is 4.79 Å². The Morgan fingerprint density at radius 1 is 1.53 bits per heavy atom. The van der Waals surface area contributed by atoms with Crippen molar-refractivity contribution in [3.8, 4) is 6.07 Å². The summed E-state index contributed by atoms with van der Waals surface area (Å²) in [5, 5.41) is 11.8. The average Bonchev–Trinajstić information content (AvgIpc) is 2.26. The fourth-order valence-corrected chi connectivity index (χ4v) is 1.98. The molecule has 0 fully saturated rings. The third kappa shape index (κ3) is 3.31. The van der Waals surface area contributed by atoms with E-state index < -0.39 is 5.41 Å². The Balaban J connectivity index is 2.92. The van der Waals surface area contributed by atoms with Crippen LogP contribution in [0.1, 0.15) is 25.8 Å². The quantitative estimate of drug-likeness (QED) is 0.925. The van der Waals surface area contributed by atoms with Gasteiger partial charge in [0, 0.05) is 10.2 Å². The summed E-state index contributed by atoms with van der Waals surface area (Å²) in [6.07, 6.45) is 0.488. The Morgan fingerprint density at radius 3 is 2.65 bits per heavy atom. The van der Waals surface area contributed by atoms with Gasteiger partial charge in [-0.2, -0.15) is 5.26 Å². The molecule has 17 heavy (non-hydrogen) atoms. The van der Waals surface area contributed by atoms with E-state index in [0.717, 1.165) is 10.0 Å². The first-order valence-corrected chi connectivity index (χ1v) is 6.20. The van der Waals surface area contributed by atoms with E-state index in [1.54, 1.807) is 6.92 Å². The summed E-state index contributed by atoms with van der Waals surface area (Å²) in [5.41, 5.74) is 0.776. The molecule has 0 saturated carbocycles. The summed E-state index contributed by atoms with van der Waals surface area (Å²) in [7, 11) is 0. The molecule has 1 unspecified atom stereocenters. The molecule has 0 aliphatic carbocycles. The Bertz CT molecular complexity index is 459. The molecule has 1 atom stereocenters. The highest BCUT2D eigenvalue weighted by atomic mass is 79.9. The second-order valence-corrected chi connectivity index (χ2v) is 5.18. The summed E-state index contributed by atoms with van der Waals surface area (Å²) < 4.78 is 0.906. The van der Waals surface area contributed by atoms with Gasteiger partial charge in [0.15, 0.2) is 0 Å². The smallest absolute Gasteiger partial charge is 0.244 e. The molecular formula is C13H15BrN2O. The number of nitriles is 1. The van der Waals surface area contributed by atoms with Crippen LogP contribution in [-0.2, 0) is 4.79 Å². The molecule has 0 heterocycles. The van der Waals surface area contributed by atoms with Crippen LogP contribution >= 0.6 is 15.9 Å². The van der Waals surface area contributed by atoms with Crippen LogP contribution in [0.25, 0.3) is 0 Å². The molecule has 0 aliphatic heterocycles. The zero-order chi connectivity index (χ0) is 13.1. The van der Waals surface area contributed by atoms with E-state index in [2.05, 4.69) is 27.3 Å². The number of hydrogen-bond donors (Lipinski definition) is 1. The number of nitrogens with one attached hydrogen (secondary N) is 1. The molecule has 0 aromatic heterocycles. The number of carbonyl (C=O) groups is 1. The van der Waals surface area contributed by atoms with Gasteiger partial charge in [0.05, 0.1) is 6.07 Å². The lowest BCUT2D eigenvalue weighted by Gasteiger charge is -2.18. The van der Waals surface area contributed by atoms with Gasteiger partial charge in [0.1, 0.15) is 5.41 Å². The van der Waals surface area contributed by atoms with Crippen molar-refractivity contribution in [2.24, 2.45) is 5.41 Å². The molecule has 4 heteroatoms. The normalized spacial score (nSPS) is 13.6. The molecule has 1 aromatic rings. The van der Waals surface area contributed by atoms with E-state index in [0.29, 0.717) is 12.1 Å². The Kier molecular flexibility index (Phi) is 4.30. The zero-order valence-corrected chi connectivity index (χ0v) is 11.8. The lowest BCUT2D eigenvalue weighted by molar-refractivity contribution is -0.122. The van der Waals surface area contributed by atoms with Gasteiger partial charge in [-0.1, -0.05) is 22.9 Å². The van der Waals surface area contributed by atoms with Crippen LogP contribution in [-0.4, -0.2) is 5.91 Å². The molecule has 0 bridgehead atoms. The Morgan fingerprint density at radius 2 is 2.18 bits per heavy atom. The van der Waals surface area contributed by atoms with Gasteiger partial charge in [0.2, 0.25) is 5.91 Å². The predicted octanol–water partition coefficient (Wildman–Crippen LogP) is 3.64. The van der Waals surface area contributed by atoms with E-state index in [-0.39, 0.29) is 5.91 Å². The van der Waals surface area contributed by atoms with E-state index in [4.69, 9.17) is 5.26 Å². The largest absolute Gasteiger partial charge is 0.325 e. The van der Waals surface area contributed by atoms with Crippen molar-refractivity contribution in [2.75, 3.05) is 5.32 Å². The number of nitrogens with zero attached hydrogens (tertiary/aromatic N) is 1. The van der Waals surface area contributed by atoms with E-state index >= 15 is 0 Å². The first kappa shape index (κ1) is 13.7. The summed E-state index contributed by atoms with van der Waals surface area (Å²) in [6.45, 7) is 5.42. The highest BCUT2D eigenvalue weighted by Gasteiger charge is 2.31. The molecule has 0 spiro atoms. The monoisotopic (exact) mass is 294 g/mol. The maximum atomic E-state index is 12.0. The minimum absolute atomic E-state index is 0.264. The number of aryl methyl sites for hydroxylation is 1. The number of amides is 1. The topological polar surface area (TPSA) is 52.9 Å². The first-order chi connectivity index (χ1) is 7.91. The Hall–Kier alpha value is -1.34. The fraction of sp³-hybridized carbons (Fsp3) is 0.385. The summed E-state index contributed by atoms with van der Waals surface area (Å²) in [6, 6.07) is 7.70. The molecule has 0 saturated heterocycles. The summed E-state index contributed by atoms with van der Waals surface area (Å²) in [4.78, 5) is 12.0. The van der Waals surface area contributed by atoms with Crippen LogP contribution in [0.5, 0.6) is 0 Å². The zero-order valence-electron chi connectivity index (χ0n) is 10.2. The van der Waals surface area contributed by atoms with Crippen molar-refractivity contribution in [3.05, 3.63) is 28.2 Å². The lowest BCUT2D eigenvalue weighted by Crippen LogP contribution is -2.31. The molecule has 1 N–H and O–H groups in total. The van der Waals surface area contributed by atoms with Crippen molar-refractivity contribution >= 4 is 27.5 Å². The summed E-state index contributed by atoms with van der Waals surface area (Å²) >= 11 is 3.37. The SMILES string of the molecule is CCC(C)(C#N)C(=O)Nc1cc(C)cc(Br)c1. The third-order valence-corrected chi connectivity index (χ3v) is 3.21. The second kappa shape index (κ2) is 5.33. The minimum atomic E-state index is -0.976. The fourth-order valence-electron chi connectivity index (χ4n) is 1.37. The van der Waals surface area contributed by atoms with Gasteiger partial charge in [0.25, 0.3) is 0 Å². The van der Waals surface area contributed by atoms with E-state index in [1.165, 1.54) is 0 Å². The van der Waals surface area contributed by atoms with Gasteiger partial charge < -0.3 is 5.32 Å². The van der Waals surface area contributed by atoms with Crippen LogP contribution in [0.4, 0.5) is 5.69 Å². The van der Waals surface area contributed by atoms with Crippen LogP contribution in [0.3, 0.4) is 0 Å². The Labute approximate surface area is 110 Å². The van der Waals surface area contributed by atoms with Gasteiger partial charge in [-0.3, -0.25) is 4.79 Å². The highest BCUT2D eigenvalue weighted by molar-refractivity contribution is 9.10. The van der Waals surface area contributed by atoms with Gasteiger partial charge in [-0.25, -0.2) is 0 Å². The first-order valence-electron chi connectivity index (χ1n) is 5.41. The number of hydrogen-bond acceptors (Lipinski definition) is 2. The minimum Gasteiger partial charge on any atom is -0.325 e. The summed E-state index contributed by atoms with van der Waals surface area (Å²) in [5.74, 6) is -0.264. The van der Waals surface area contributed by atoms with E-state index in [1.807, 2.05) is 32.0 Å². The maximum Gasteiger partial charge on any atom is 0.244 e. The molecule has 1 aromatic carbocycles. The number of halogens is 1.